The molecular formula is C23H20BrNO2. The van der Waals surface area contributed by atoms with Gasteiger partial charge in [-0.25, -0.2) is 0 Å². The monoisotopic (exact) mass is 421 g/mol. The third-order valence-electron chi connectivity index (χ3n) is 4.14. The van der Waals surface area contributed by atoms with E-state index in [1.807, 2.05) is 68.5 Å². The lowest BCUT2D eigenvalue weighted by Gasteiger charge is -2.13. The molecule has 0 heterocycles. The van der Waals surface area contributed by atoms with E-state index < -0.39 is 0 Å². The molecule has 0 atom stereocenters. The second-order valence-corrected chi connectivity index (χ2v) is 6.77. The minimum atomic E-state index is 0.534. The van der Waals surface area contributed by atoms with Gasteiger partial charge in [-0.15, -0.1) is 0 Å². The molecule has 0 aromatic heterocycles. The van der Waals surface area contributed by atoms with Gasteiger partial charge in [0.05, 0.1) is 29.3 Å². The minimum Gasteiger partial charge on any atom is -0.493 e. The highest BCUT2D eigenvalue weighted by atomic mass is 79.9. The Balaban J connectivity index is 2.08. The second-order valence-electron chi connectivity index (χ2n) is 5.92. The molecule has 0 fully saturated rings. The minimum absolute atomic E-state index is 0.534. The highest BCUT2D eigenvalue weighted by Gasteiger charge is 2.11. The second kappa shape index (κ2) is 8.75. The van der Waals surface area contributed by atoms with Crippen LogP contribution in [-0.2, 0) is 0 Å². The number of rotatable bonds is 6. The van der Waals surface area contributed by atoms with E-state index in [2.05, 4.69) is 28.1 Å². The summed E-state index contributed by atoms with van der Waals surface area (Å²) < 4.78 is 12.2. The van der Waals surface area contributed by atoms with Crippen LogP contribution in [0.2, 0.25) is 0 Å². The van der Waals surface area contributed by atoms with E-state index in [-0.39, 0.29) is 0 Å². The first-order valence-corrected chi connectivity index (χ1v) is 9.65. The smallest absolute Gasteiger partial charge is 0.137 e. The Morgan fingerprint density at radius 1 is 0.963 bits per heavy atom. The maximum absolute atomic E-state index is 9.75. The SMILES string of the molecule is CCOc1cc(OCC)c(/C=C(/C#N)c2ccc3ccccc3c2)cc1Br. The van der Waals surface area contributed by atoms with Crippen LogP contribution >= 0.6 is 15.9 Å². The van der Waals surface area contributed by atoms with Crippen molar-refractivity contribution in [3.8, 4) is 17.6 Å². The van der Waals surface area contributed by atoms with Crippen LogP contribution in [0.25, 0.3) is 22.4 Å². The molecule has 27 heavy (non-hydrogen) atoms. The van der Waals surface area contributed by atoms with Gasteiger partial charge in [0.2, 0.25) is 0 Å². The van der Waals surface area contributed by atoms with Gasteiger partial charge in [-0.1, -0.05) is 36.4 Å². The van der Waals surface area contributed by atoms with Gasteiger partial charge in [0.1, 0.15) is 11.5 Å². The van der Waals surface area contributed by atoms with Gasteiger partial charge in [-0.05, 0) is 64.3 Å². The number of allylic oxidation sites excluding steroid dienone is 1. The number of hydrogen-bond acceptors (Lipinski definition) is 3. The molecule has 0 aliphatic rings. The fourth-order valence-electron chi connectivity index (χ4n) is 2.90. The van der Waals surface area contributed by atoms with Gasteiger partial charge in [0.25, 0.3) is 0 Å². The fraction of sp³-hybridized carbons (Fsp3) is 0.174. The van der Waals surface area contributed by atoms with E-state index in [1.165, 1.54) is 0 Å². The van der Waals surface area contributed by atoms with Crippen LogP contribution in [0.5, 0.6) is 11.5 Å². The van der Waals surface area contributed by atoms with Crippen LogP contribution in [0.3, 0.4) is 0 Å². The molecule has 3 aromatic rings. The molecular weight excluding hydrogens is 402 g/mol. The lowest BCUT2D eigenvalue weighted by atomic mass is 10.00. The molecule has 0 amide bonds. The Morgan fingerprint density at radius 3 is 2.37 bits per heavy atom. The highest BCUT2D eigenvalue weighted by molar-refractivity contribution is 9.10. The molecule has 0 saturated carbocycles. The zero-order valence-electron chi connectivity index (χ0n) is 15.3. The standard InChI is InChI=1S/C23H20BrNO2/c1-3-26-22-14-23(27-4-2)21(24)13-19(22)12-20(15-25)18-10-9-16-7-5-6-8-17(16)11-18/h5-14H,3-4H2,1-2H3/b20-12-. The molecule has 0 saturated heterocycles. The van der Waals surface area contributed by atoms with E-state index in [1.54, 1.807) is 0 Å². The summed E-state index contributed by atoms with van der Waals surface area (Å²) in [5, 5.41) is 12.0. The third-order valence-corrected chi connectivity index (χ3v) is 4.76. The first-order chi connectivity index (χ1) is 13.2. The Labute approximate surface area is 168 Å². The number of halogens is 1. The van der Waals surface area contributed by atoms with Crippen molar-refractivity contribution in [1.29, 1.82) is 5.26 Å². The van der Waals surface area contributed by atoms with Crippen LogP contribution < -0.4 is 9.47 Å². The Morgan fingerprint density at radius 2 is 1.67 bits per heavy atom. The van der Waals surface area contributed by atoms with Gasteiger partial charge in [0.15, 0.2) is 0 Å². The quantitative estimate of drug-likeness (QED) is 0.338. The largest absolute Gasteiger partial charge is 0.493 e. The molecule has 3 nitrogen and oxygen atoms in total. The summed E-state index contributed by atoms with van der Waals surface area (Å²) in [5.74, 6) is 1.42. The maximum atomic E-state index is 9.75. The average Bonchev–Trinajstić information content (AvgIpc) is 2.69. The number of benzene rings is 3. The number of fused-ring (bicyclic) bond motifs is 1. The van der Waals surface area contributed by atoms with Gasteiger partial charge in [-0.3, -0.25) is 0 Å². The molecule has 0 N–H and O–H groups in total. The lowest BCUT2D eigenvalue weighted by Crippen LogP contribution is -1.98. The molecule has 0 bridgehead atoms. The Hall–Kier alpha value is -2.77. The van der Waals surface area contributed by atoms with Crippen molar-refractivity contribution in [1.82, 2.24) is 0 Å². The molecule has 3 aromatic carbocycles. The van der Waals surface area contributed by atoms with Crippen LogP contribution in [0.1, 0.15) is 25.0 Å². The van der Waals surface area contributed by atoms with E-state index in [0.29, 0.717) is 24.5 Å². The van der Waals surface area contributed by atoms with Crippen LogP contribution in [0.15, 0.2) is 59.1 Å². The van der Waals surface area contributed by atoms with Crippen molar-refractivity contribution in [2.24, 2.45) is 0 Å². The maximum Gasteiger partial charge on any atom is 0.137 e. The number of nitrogens with zero attached hydrogens (tertiary/aromatic N) is 1. The van der Waals surface area contributed by atoms with E-state index >= 15 is 0 Å². The first kappa shape index (κ1) is 19.0. The Kier molecular flexibility index (Phi) is 6.16. The fourth-order valence-corrected chi connectivity index (χ4v) is 3.38. The van der Waals surface area contributed by atoms with Gasteiger partial charge >= 0.3 is 0 Å². The molecule has 4 heteroatoms. The molecule has 0 aliphatic heterocycles. The van der Waals surface area contributed by atoms with Crippen molar-refractivity contribution in [3.63, 3.8) is 0 Å². The molecule has 0 unspecified atom stereocenters. The van der Waals surface area contributed by atoms with Crippen molar-refractivity contribution in [2.45, 2.75) is 13.8 Å². The molecule has 3 rings (SSSR count). The summed E-state index contributed by atoms with van der Waals surface area (Å²) in [6, 6.07) is 20.3. The van der Waals surface area contributed by atoms with Crippen molar-refractivity contribution in [2.75, 3.05) is 13.2 Å². The van der Waals surface area contributed by atoms with E-state index in [9.17, 15) is 5.26 Å². The summed E-state index contributed by atoms with van der Waals surface area (Å²) in [7, 11) is 0. The predicted octanol–water partition coefficient (Wildman–Crippen LogP) is 6.46. The zero-order chi connectivity index (χ0) is 19.2. The van der Waals surface area contributed by atoms with Crippen molar-refractivity contribution in [3.05, 3.63) is 70.2 Å². The predicted molar refractivity (Wildman–Crippen MR) is 114 cm³/mol. The number of hydrogen-bond donors (Lipinski definition) is 0. The topological polar surface area (TPSA) is 42.2 Å². The molecule has 0 spiro atoms. The van der Waals surface area contributed by atoms with Gasteiger partial charge in [0, 0.05) is 11.6 Å². The number of ether oxygens (including phenoxy) is 2. The summed E-state index contributed by atoms with van der Waals surface area (Å²) in [4.78, 5) is 0. The summed E-state index contributed by atoms with van der Waals surface area (Å²) in [6.07, 6.45) is 1.86. The van der Waals surface area contributed by atoms with Gasteiger partial charge in [-0.2, -0.15) is 5.26 Å². The number of nitriles is 1. The highest BCUT2D eigenvalue weighted by Crippen LogP contribution is 2.35. The first-order valence-electron chi connectivity index (χ1n) is 8.86. The van der Waals surface area contributed by atoms with Crippen molar-refractivity contribution < 1.29 is 9.47 Å². The molecule has 136 valence electrons. The third kappa shape index (κ3) is 4.32. The Bertz CT molecular complexity index is 1030. The average molecular weight is 422 g/mol. The van der Waals surface area contributed by atoms with Crippen LogP contribution in [-0.4, -0.2) is 13.2 Å². The van der Waals surface area contributed by atoms with Gasteiger partial charge < -0.3 is 9.47 Å². The summed E-state index contributed by atoms with van der Waals surface area (Å²) in [6.45, 7) is 4.98. The molecule has 0 radical (unpaired) electrons. The molecule has 0 aliphatic carbocycles. The lowest BCUT2D eigenvalue weighted by molar-refractivity contribution is 0.321. The zero-order valence-corrected chi connectivity index (χ0v) is 16.9. The van der Waals surface area contributed by atoms with Crippen LogP contribution in [0.4, 0.5) is 0 Å². The normalized spacial score (nSPS) is 11.3. The van der Waals surface area contributed by atoms with Crippen molar-refractivity contribution >= 4 is 38.4 Å². The van der Waals surface area contributed by atoms with E-state index in [4.69, 9.17) is 9.47 Å². The van der Waals surface area contributed by atoms with E-state index in [0.717, 1.165) is 32.1 Å². The summed E-state index contributed by atoms with van der Waals surface area (Å²) >= 11 is 3.54. The van der Waals surface area contributed by atoms with Crippen LogP contribution in [0, 0.1) is 11.3 Å². The summed E-state index contributed by atoms with van der Waals surface area (Å²) in [5.41, 5.74) is 2.29.